The molecule has 1 aliphatic rings. The van der Waals surface area contributed by atoms with Gasteiger partial charge in [0.1, 0.15) is 5.56 Å². The number of hydrogen-bond donors (Lipinski definition) is 1. The van der Waals surface area contributed by atoms with Gasteiger partial charge in [-0.15, -0.1) is 11.6 Å². The summed E-state index contributed by atoms with van der Waals surface area (Å²) < 4.78 is 0. The van der Waals surface area contributed by atoms with E-state index in [2.05, 4.69) is 5.32 Å². The zero-order chi connectivity index (χ0) is 15.4. The summed E-state index contributed by atoms with van der Waals surface area (Å²) in [5, 5.41) is 14.0. The average molecular weight is 331 g/mol. The number of nitrogens with one attached hydrogen (secondary N) is 1. The van der Waals surface area contributed by atoms with Gasteiger partial charge in [-0.05, 0) is 25.0 Å². The summed E-state index contributed by atoms with van der Waals surface area (Å²) in [6.45, 7) is 0. The molecule has 21 heavy (non-hydrogen) atoms. The van der Waals surface area contributed by atoms with Gasteiger partial charge in [0.2, 0.25) is 0 Å². The van der Waals surface area contributed by atoms with E-state index in [1.165, 1.54) is 18.2 Å². The Bertz CT molecular complexity index is 551. The highest BCUT2D eigenvalue weighted by atomic mass is 35.5. The molecule has 0 radical (unpaired) electrons. The summed E-state index contributed by atoms with van der Waals surface area (Å²) in [6, 6.07) is 3.78. The Morgan fingerprint density at radius 2 is 2.00 bits per heavy atom. The van der Waals surface area contributed by atoms with E-state index >= 15 is 0 Å². The molecule has 5 nitrogen and oxygen atoms in total. The maximum Gasteiger partial charge on any atom is 0.282 e. The van der Waals surface area contributed by atoms with Crippen molar-refractivity contribution in [3.8, 4) is 0 Å². The van der Waals surface area contributed by atoms with Gasteiger partial charge in [-0.25, -0.2) is 0 Å². The first-order valence-corrected chi connectivity index (χ1v) is 7.69. The van der Waals surface area contributed by atoms with Crippen molar-refractivity contribution in [2.75, 3.05) is 0 Å². The van der Waals surface area contributed by atoms with E-state index in [0.717, 1.165) is 32.1 Å². The molecular formula is C14H16Cl2N2O3. The maximum absolute atomic E-state index is 12.3. The van der Waals surface area contributed by atoms with E-state index in [1.807, 2.05) is 0 Å². The van der Waals surface area contributed by atoms with Crippen molar-refractivity contribution >= 4 is 34.8 Å². The lowest BCUT2D eigenvalue weighted by Crippen LogP contribution is -2.40. The summed E-state index contributed by atoms with van der Waals surface area (Å²) >= 11 is 12.1. The molecule has 0 bridgehead atoms. The lowest BCUT2D eigenvalue weighted by atomic mass is 10.1. The Balaban J connectivity index is 2.19. The highest BCUT2D eigenvalue weighted by Gasteiger charge is 2.27. The fraction of sp³-hybridized carbons (Fsp3) is 0.500. The van der Waals surface area contributed by atoms with Crippen LogP contribution in [0.15, 0.2) is 18.2 Å². The van der Waals surface area contributed by atoms with E-state index in [0.29, 0.717) is 0 Å². The van der Waals surface area contributed by atoms with E-state index in [-0.39, 0.29) is 27.7 Å². The minimum absolute atomic E-state index is 0.0272. The zero-order valence-corrected chi connectivity index (χ0v) is 12.9. The largest absolute Gasteiger partial charge is 0.348 e. The second kappa shape index (κ2) is 7.09. The van der Waals surface area contributed by atoms with Gasteiger partial charge in [-0.2, -0.15) is 0 Å². The maximum atomic E-state index is 12.3. The molecule has 2 atom stereocenters. The quantitative estimate of drug-likeness (QED) is 0.395. The number of nitro benzene ring substituents is 1. The van der Waals surface area contributed by atoms with Crippen molar-refractivity contribution < 1.29 is 9.72 Å². The number of carbonyl (C=O) groups is 1. The Morgan fingerprint density at radius 3 is 2.71 bits per heavy atom. The van der Waals surface area contributed by atoms with Crippen molar-refractivity contribution in [1.29, 1.82) is 0 Å². The summed E-state index contributed by atoms with van der Waals surface area (Å²) in [6.07, 6.45) is 4.75. The molecule has 1 saturated carbocycles. The SMILES string of the molecule is O=C(NC1CCCCCC1Cl)c1cc(Cl)ccc1[N+](=O)[O-]. The predicted molar refractivity (Wildman–Crippen MR) is 82.1 cm³/mol. The van der Waals surface area contributed by atoms with Crippen LogP contribution >= 0.6 is 23.2 Å². The Kier molecular flexibility index (Phi) is 5.42. The number of rotatable bonds is 3. The number of benzene rings is 1. The van der Waals surface area contributed by atoms with Crippen LogP contribution < -0.4 is 5.32 Å². The monoisotopic (exact) mass is 330 g/mol. The fourth-order valence-electron chi connectivity index (χ4n) is 2.52. The predicted octanol–water partition coefficient (Wildman–Crippen LogP) is 3.92. The van der Waals surface area contributed by atoms with Gasteiger partial charge < -0.3 is 5.32 Å². The first kappa shape index (κ1) is 16.0. The Labute approximate surface area is 132 Å². The van der Waals surface area contributed by atoms with Gasteiger partial charge in [0, 0.05) is 17.1 Å². The average Bonchev–Trinajstić information content (AvgIpc) is 2.63. The van der Waals surface area contributed by atoms with E-state index in [1.54, 1.807) is 0 Å². The van der Waals surface area contributed by atoms with Gasteiger partial charge in [0.05, 0.1) is 10.3 Å². The molecule has 1 amide bonds. The molecule has 1 aromatic rings. The van der Waals surface area contributed by atoms with Crippen molar-refractivity contribution in [2.24, 2.45) is 0 Å². The standard InChI is InChI=1S/C14H16Cl2N2O3/c15-9-6-7-13(18(20)21)10(8-9)14(19)17-12-5-3-1-2-4-11(12)16/h6-8,11-12H,1-5H2,(H,17,19). The highest BCUT2D eigenvalue weighted by molar-refractivity contribution is 6.31. The summed E-state index contributed by atoms with van der Waals surface area (Å²) in [7, 11) is 0. The van der Waals surface area contributed by atoms with Gasteiger partial charge in [-0.3, -0.25) is 14.9 Å². The number of nitrogens with zero attached hydrogens (tertiary/aromatic N) is 1. The van der Waals surface area contributed by atoms with E-state index < -0.39 is 10.8 Å². The van der Waals surface area contributed by atoms with Gasteiger partial charge in [-0.1, -0.05) is 30.9 Å². The molecular weight excluding hydrogens is 315 g/mol. The number of nitro groups is 1. The minimum atomic E-state index is -0.587. The summed E-state index contributed by atoms with van der Waals surface area (Å²) in [5.41, 5.74) is -0.280. The molecule has 1 aromatic carbocycles. The van der Waals surface area contributed by atoms with Crippen LogP contribution in [-0.4, -0.2) is 22.2 Å². The van der Waals surface area contributed by atoms with Crippen molar-refractivity contribution in [3.63, 3.8) is 0 Å². The van der Waals surface area contributed by atoms with Crippen LogP contribution in [-0.2, 0) is 0 Å². The number of alkyl halides is 1. The molecule has 1 N–H and O–H groups in total. The molecule has 0 spiro atoms. The molecule has 2 rings (SSSR count). The normalized spacial score (nSPS) is 22.4. The van der Waals surface area contributed by atoms with Gasteiger partial charge >= 0.3 is 0 Å². The number of carbonyl (C=O) groups excluding carboxylic acids is 1. The third-order valence-corrected chi connectivity index (χ3v) is 4.41. The third-order valence-electron chi connectivity index (χ3n) is 3.65. The smallest absolute Gasteiger partial charge is 0.282 e. The van der Waals surface area contributed by atoms with Crippen molar-refractivity contribution in [1.82, 2.24) is 5.32 Å². The lowest BCUT2D eigenvalue weighted by Gasteiger charge is -2.21. The topological polar surface area (TPSA) is 72.2 Å². The van der Waals surface area contributed by atoms with Crippen LogP contribution in [0.3, 0.4) is 0 Å². The Morgan fingerprint density at radius 1 is 1.29 bits per heavy atom. The third kappa shape index (κ3) is 4.08. The second-order valence-corrected chi connectivity index (χ2v) is 6.15. The van der Waals surface area contributed by atoms with Crippen LogP contribution in [0.5, 0.6) is 0 Å². The van der Waals surface area contributed by atoms with E-state index in [4.69, 9.17) is 23.2 Å². The van der Waals surface area contributed by atoms with Crippen LogP contribution in [0.4, 0.5) is 5.69 Å². The van der Waals surface area contributed by atoms with Gasteiger partial charge in [0.25, 0.3) is 11.6 Å². The molecule has 0 aliphatic heterocycles. The number of hydrogen-bond acceptors (Lipinski definition) is 3. The van der Waals surface area contributed by atoms with Crippen LogP contribution in [0.1, 0.15) is 42.5 Å². The summed E-state index contributed by atoms with van der Waals surface area (Å²) in [5.74, 6) is -0.498. The molecule has 0 aromatic heterocycles. The molecule has 114 valence electrons. The molecule has 1 fully saturated rings. The summed E-state index contributed by atoms with van der Waals surface area (Å²) in [4.78, 5) is 22.7. The van der Waals surface area contributed by atoms with Crippen molar-refractivity contribution in [3.05, 3.63) is 38.9 Å². The molecule has 0 heterocycles. The van der Waals surface area contributed by atoms with Gasteiger partial charge in [0.15, 0.2) is 0 Å². The zero-order valence-electron chi connectivity index (χ0n) is 11.4. The van der Waals surface area contributed by atoms with E-state index in [9.17, 15) is 14.9 Å². The highest BCUT2D eigenvalue weighted by Crippen LogP contribution is 2.25. The lowest BCUT2D eigenvalue weighted by molar-refractivity contribution is -0.385. The fourth-order valence-corrected chi connectivity index (χ4v) is 3.04. The minimum Gasteiger partial charge on any atom is -0.348 e. The molecule has 2 unspecified atom stereocenters. The second-order valence-electron chi connectivity index (χ2n) is 5.15. The molecule has 0 saturated heterocycles. The first-order valence-electron chi connectivity index (χ1n) is 6.88. The Hall–Kier alpha value is -1.33. The van der Waals surface area contributed by atoms with Crippen molar-refractivity contribution in [2.45, 2.75) is 43.5 Å². The number of amides is 1. The molecule has 1 aliphatic carbocycles. The van der Waals surface area contributed by atoms with Crippen LogP contribution in [0, 0.1) is 10.1 Å². The first-order chi connectivity index (χ1) is 9.99. The number of halogens is 2. The molecule has 7 heteroatoms. The van der Waals surface area contributed by atoms with Crippen LogP contribution in [0.2, 0.25) is 5.02 Å². The van der Waals surface area contributed by atoms with Crippen LogP contribution in [0.25, 0.3) is 0 Å².